The van der Waals surface area contributed by atoms with Crippen molar-refractivity contribution in [2.75, 3.05) is 5.32 Å². The maximum Gasteiger partial charge on any atom is 0.291 e. The fraction of sp³-hybridized carbons (Fsp3) is 0.278. The molecule has 0 radical (unpaired) electrons. The second-order valence-corrected chi connectivity index (χ2v) is 7.08. The Bertz CT molecular complexity index is 956. The van der Waals surface area contributed by atoms with Gasteiger partial charge in [0.15, 0.2) is 11.8 Å². The van der Waals surface area contributed by atoms with Gasteiger partial charge in [0.25, 0.3) is 5.91 Å². The molecule has 0 bridgehead atoms. The van der Waals surface area contributed by atoms with Crippen molar-refractivity contribution in [2.45, 2.75) is 26.8 Å². The molecule has 1 atom stereocenters. The third-order valence-corrected chi connectivity index (χ3v) is 3.91. The number of anilines is 1. The van der Waals surface area contributed by atoms with Gasteiger partial charge in [0.1, 0.15) is 0 Å². The highest BCUT2D eigenvalue weighted by atomic mass is 16.3. The number of nitrogens with zero attached hydrogens (tertiary/aromatic N) is 4. The normalized spacial score (nSPS) is 12.6. The lowest BCUT2D eigenvalue weighted by molar-refractivity contribution is -0.124. The summed E-state index contributed by atoms with van der Waals surface area (Å²) in [5, 5.41) is 15.1. The van der Waals surface area contributed by atoms with Gasteiger partial charge in [-0.2, -0.15) is 4.80 Å². The number of nitrogens with two attached hydrogens (primary N) is 1. The molecule has 9 heteroatoms. The molecule has 1 aromatic carbocycles. The summed E-state index contributed by atoms with van der Waals surface area (Å²) in [5.41, 5.74) is 6.08. The fourth-order valence-corrected chi connectivity index (χ4v) is 2.71. The first-order chi connectivity index (χ1) is 12.8. The summed E-state index contributed by atoms with van der Waals surface area (Å²) in [6.45, 7) is 5.59. The quantitative estimate of drug-likeness (QED) is 0.710. The van der Waals surface area contributed by atoms with Crippen molar-refractivity contribution in [1.82, 2.24) is 20.2 Å². The van der Waals surface area contributed by atoms with Crippen LogP contribution in [0.4, 0.5) is 5.69 Å². The van der Waals surface area contributed by atoms with E-state index in [1.165, 1.54) is 11.1 Å². The van der Waals surface area contributed by atoms with Gasteiger partial charge in [0, 0.05) is 5.56 Å². The van der Waals surface area contributed by atoms with E-state index in [2.05, 4.69) is 20.7 Å². The summed E-state index contributed by atoms with van der Waals surface area (Å²) >= 11 is 0. The number of tetrazole rings is 1. The third-order valence-electron chi connectivity index (χ3n) is 3.91. The largest absolute Gasteiger partial charge is 0.459 e. The van der Waals surface area contributed by atoms with Gasteiger partial charge in [-0.15, -0.1) is 10.2 Å². The van der Waals surface area contributed by atoms with E-state index in [1.54, 1.807) is 36.4 Å². The summed E-state index contributed by atoms with van der Waals surface area (Å²) in [5.74, 6) is -0.501. The van der Waals surface area contributed by atoms with E-state index in [0.717, 1.165) is 0 Å². The Morgan fingerprint density at radius 3 is 2.56 bits per heavy atom. The highest BCUT2D eigenvalue weighted by molar-refractivity contribution is 6.04. The van der Waals surface area contributed by atoms with Crippen LogP contribution in [0.3, 0.4) is 0 Å². The van der Waals surface area contributed by atoms with Crippen molar-refractivity contribution >= 4 is 17.5 Å². The van der Waals surface area contributed by atoms with Gasteiger partial charge in [-0.1, -0.05) is 32.9 Å². The van der Waals surface area contributed by atoms with Crippen LogP contribution in [0.15, 0.2) is 47.1 Å². The maximum absolute atomic E-state index is 12.3. The topological polar surface area (TPSA) is 129 Å². The third kappa shape index (κ3) is 3.86. The predicted octanol–water partition coefficient (Wildman–Crippen LogP) is 2.26. The molecule has 9 nitrogen and oxygen atoms in total. The number of rotatable bonds is 5. The summed E-state index contributed by atoms with van der Waals surface area (Å²) in [6, 6.07) is 9.45. The van der Waals surface area contributed by atoms with Gasteiger partial charge in [0.2, 0.25) is 11.7 Å². The molecule has 0 fully saturated rings. The van der Waals surface area contributed by atoms with Crippen molar-refractivity contribution in [2.24, 2.45) is 11.1 Å². The van der Waals surface area contributed by atoms with E-state index < -0.39 is 23.3 Å². The number of para-hydroxylation sites is 1. The van der Waals surface area contributed by atoms with Crippen LogP contribution in [-0.2, 0) is 4.79 Å². The number of aromatic nitrogens is 4. The molecule has 3 N–H and O–H groups in total. The molecule has 2 heterocycles. The van der Waals surface area contributed by atoms with E-state index in [4.69, 9.17) is 10.2 Å². The average molecular weight is 368 g/mol. The molecule has 0 aliphatic rings. The number of nitrogens with one attached hydrogen (secondary N) is 1. The van der Waals surface area contributed by atoms with Gasteiger partial charge >= 0.3 is 0 Å². The molecule has 2 amide bonds. The van der Waals surface area contributed by atoms with Crippen LogP contribution in [0, 0.1) is 5.41 Å². The minimum Gasteiger partial charge on any atom is -0.459 e. The standard InChI is InChI=1S/C18H20N6O3/c1-18(2,3)14(15(19)25)24-22-16(21-23-24)11-7-4-5-8-12(11)20-17(26)13-9-6-10-27-13/h4-10,14H,1-3H3,(H2,19,25)(H,20,26). The second kappa shape index (κ2) is 7.02. The van der Waals surface area contributed by atoms with Gasteiger partial charge in [-0.25, -0.2) is 0 Å². The van der Waals surface area contributed by atoms with Gasteiger partial charge < -0.3 is 15.5 Å². The van der Waals surface area contributed by atoms with E-state index in [-0.39, 0.29) is 11.6 Å². The fourth-order valence-electron chi connectivity index (χ4n) is 2.71. The van der Waals surface area contributed by atoms with E-state index in [1.807, 2.05) is 20.8 Å². The molecule has 1 unspecified atom stereocenters. The lowest BCUT2D eigenvalue weighted by atomic mass is 9.87. The van der Waals surface area contributed by atoms with Crippen LogP contribution in [0.2, 0.25) is 0 Å². The van der Waals surface area contributed by atoms with Gasteiger partial charge in [0.05, 0.1) is 12.0 Å². The molecular weight excluding hydrogens is 348 g/mol. The number of hydrogen-bond donors (Lipinski definition) is 2. The summed E-state index contributed by atoms with van der Waals surface area (Å²) in [4.78, 5) is 25.3. The monoisotopic (exact) mass is 368 g/mol. The Morgan fingerprint density at radius 1 is 1.19 bits per heavy atom. The van der Waals surface area contributed by atoms with Gasteiger partial charge in [-0.05, 0) is 34.9 Å². The van der Waals surface area contributed by atoms with E-state index in [0.29, 0.717) is 11.3 Å². The molecule has 3 rings (SSSR count). The molecule has 0 aliphatic heterocycles. The Labute approximate surface area is 155 Å². The number of carbonyl (C=O) groups excluding carboxylic acids is 2. The number of amides is 2. The molecule has 140 valence electrons. The highest BCUT2D eigenvalue weighted by Crippen LogP contribution is 2.30. The zero-order chi connectivity index (χ0) is 19.6. The first-order valence-corrected chi connectivity index (χ1v) is 8.30. The van der Waals surface area contributed by atoms with Crippen LogP contribution in [0.5, 0.6) is 0 Å². The van der Waals surface area contributed by atoms with Crippen LogP contribution in [0.1, 0.15) is 37.4 Å². The van der Waals surface area contributed by atoms with Crippen molar-refractivity contribution in [3.05, 3.63) is 48.4 Å². The number of hydrogen-bond acceptors (Lipinski definition) is 6. The zero-order valence-corrected chi connectivity index (χ0v) is 15.2. The smallest absolute Gasteiger partial charge is 0.291 e. The number of carbonyl (C=O) groups is 2. The minimum absolute atomic E-state index is 0.183. The summed E-state index contributed by atoms with van der Waals surface area (Å²) in [6.07, 6.45) is 1.42. The number of benzene rings is 1. The first-order valence-electron chi connectivity index (χ1n) is 8.30. The Hall–Kier alpha value is -3.49. The van der Waals surface area contributed by atoms with E-state index in [9.17, 15) is 9.59 Å². The van der Waals surface area contributed by atoms with Gasteiger partial charge in [-0.3, -0.25) is 9.59 Å². The lowest BCUT2D eigenvalue weighted by Crippen LogP contribution is -2.37. The van der Waals surface area contributed by atoms with E-state index >= 15 is 0 Å². The molecule has 2 aromatic heterocycles. The predicted molar refractivity (Wildman–Crippen MR) is 97.6 cm³/mol. The van der Waals surface area contributed by atoms with Crippen LogP contribution < -0.4 is 11.1 Å². The highest BCUT2D eigenvalue weighted by Gasteiger charge is 2.34. The summed E-state index contributed by atoms with van der Waals surface area (Å²) in [7, 11) is 0. The van der Waals surface area contributed by atoms with Crippen molar-refractivity contribution in [3.8, 4) is 11.4 Å². The molecule has 0 aliphatic carbocycles. The molecule has 3 aromatic rings. The Kier molecular flexibility index (Phi) is 4.76. The molecular formula is C18H20N6O3. The minimum atomic E-state index is -0.761. The van der Waals surface area contributed by atoms with Crippen molar-refractivity contribution in [1.29, 1.82) is 0 Å². The zero-order valence-electron chi connectivity index (χ0n) is 15.2. The molecule has 0 saturated carbocycles. The molecule has 27 heavy (non-hydrogen) atoms. The SMILES string of the molecule is CC(C)(C)C(C(N)=O)n1nnc(-c2ccccc2NC(=O)c2ccco2)n1. The second-order valence-electron chi connectivity index (χ2n) is 7.08. The maximum atomic E-state index is 12.3. The average Bonchev–Trinajstić information content (AvgIpc) is 3.25. The number of primary amides is 1. The molecule has 0 saturated heterocycles. The molecule has 0 spiro atoms. The first kappa shape index (κ1) is 18.3. The van der Waals surface area contributed by atoms with Crippen LogP contribution in [-0.4, -0.2) is 32.0 Å². The van der Waals surface area contributed by atoms with Crippen LogP contribution in [0.25, 0.3) is 11.4 Å². The lowest BCUT2D eigenvalue weighted by Gasteiger charge is -2.26. The van der Waals surface area contributed by atoms with Crippen molar-refractivity contribution < 1.29 is 14.0 Å². The number of furan rings is 1. The van der Waals surface area contributed by atoms with Crippen molar-refractivity contribution in [3.63, 3.8) is 0 Å². The summed E-state index contributed by atoms with van der Waals surface area (Å²) < 4.78 is 5.10. The Balaban J connectivity index is 1.93. The Morgan fingerprint density at radius 2 is 1.93 bits per heavy atom. The van der Waals surface area contributed by atoms with Crippen LogP contribution >= 0.6 is 0 Å².